The Kier molecular flexibility index (Phi) is 0.593. The molecule has 0 N–H and O–H groups in total. The van der Waals surface area contributed by atoms with Crippen LogP contribution in [0.3, 0.4) is 0 Å². The Bertz CT molecular complexity index is 71.2. The minimum atomic E-state index is 0.208. The first-order chi connectivity index (χ1) is 2.63. The van der Waals surface area contributed by atoms with E-state index >= 15 is 0 Å². The maximum atomic E-state index is 5.10. The van der Waals surface area contributed by atoms with E-state index in [1.807, 2.05) is 0 Å². The van der Waals surface area contributed by atoms with Gasteiger partial charge >= 0.3 is 0 Å². The summed E-state index contributed by atoms with van der Waals surface area (Å²) in [5.74, 6) is 0. The summed E-state index contributed by atoms with van der Waals surface area (Å²) in [6, 6.07) is 0.498. The van der Waals surface area contributed by atoms with Gasteiger partial charge in [0.1, 0.15) is 15.7 Å². The highest BCUT2D eigenvalue weighted by Gasteiger charge is 2.42. The third-order valence-corrected chi connectivity index (χ3v) is 1.40. The molecule has 1 aliphatic heterocycles. The van der Waals surface area contributed by atoms with Crippen LogP contribution in [0.1, 0.15) is 6.92 Å². The van der Waals surface area contributed by atoms with E-state index in [4.69, 9.17) is 4.74 Å². The van der Waals surface area contributed by atoms with E-state index < -0.39 is 0 Å². The number of epoxide rings is 1. The largest absolute Gasteiger partial charge is 0.386 e. The first-order valence-corrected chi connectivity index (χ1v) is 2.31. The molecule has 32 valence electrons. The van der Waals surface area contributed by atoms with Gasteiger partial charge in [-0.3, -0.25) is 0 Å². The van der Waals surface area contributed by atoms with Gasteiger partial charge in [0.15, 0.2) is 0 Å². The lowest BCUT2D eigenvalue weighted by Crippen LogP contribution is -2.07. The molecule has 0 aromatic carbocycles. The molecule has 0 bridgehead atoms. The zero-order valence-corrected chi connectivity index (χ0v) is 4.49. The Morgan fingerprint density at radius 1 is 1.83 bits per heavy atom. The van der Waals surface area contributed by atoms with Crippen LogP contribution in [0.15, 0.2) is 0 Å². The Balaban J connectivity index is 2.41. The van der Waals surface area contributed by atoms with Crippen LogP contribution >= 0.6 is 0 Å². The lowest BCUT2D eigenvalue weighted by Gasteiger charge is -1.84. The van der Waals surface area contributed by atoms with Crippen LogP contribution in [0, 0.1) is 0 Å². The van der Waals surface area contributed by atoms with Gasteiger partial charge in [0.25, 0.3) is 0 Å². The third kappa shape index (κ3) is 0.473. The summed E-state index contributed by atoms with van der Waals surface area (Å²) in [6.45, 7) is 2.09. The summed E-state index contributed by atoms with van der Waals surface area (Å²) in [4.78, 5) is 0. The molecule has 1 nitrogen and oxygen atoms in total. The Labute approximate surface area is 39.9 Å². The van der Waals surface area contributed by atoms with Crippen molar-refractivity contribution in [2.75, 3.05) is 0 Å². The van der Waals surface area contributed by atoms with Crippen molar-refractivity contribution in [3.05, 3.63) is 0 Å². The van der Waals surface area contributed by atoms with Crippen LogP contribution in [-0.2, 0) is 4.74 Å². The number of hydrogen-bond acceptors (Lipinski definition) is 1. The van der Waals surface area contributed by atoms with Crippen LogP contribution in [0.5, 0.6) is 0 Å². The molecule has 1 aliphatic rings. The Morgan fingerprint density at radius 3 is 2.00 bits per heavy atom. The summed E-state index contributed by atoms with van der Waals surface area (Å²) in [6.07, 6.45) is 0. The van der Waals surface area contributed by atoms with E-state index in [0.29, 0.717) is 6.00 Å². The van der Waals surface area contributed by atoms with E-state index in [2.05, 4.69) is 22.6 Å². The van der Waals surface area contributed by atoms with Gasteiger partial charge < -0.3 is 4.74 Å². The molecule has 3 heteroatoms. The summed E-state index contributed by atoms with van der Waals surface area (Å²) in [5, 5.41) is 0. The summed E-state index contributed by atoms with van der Waals surface area (Å²) >= 11 is 0. The molecule has 0 aliphatic carbocycles. The maximum absolute atomic E-state index is 5.10. The van der Waals surface area contributed by atoms with Crippen LogP contribution in [-0.4, -0.2) is 27.2 Å². The molecule has 6 heavy (non-hydrogen) atoms. The molecule has 1 saturated heterocycles. The lowest BCUT2D eigenvalue weighted by molar-refractivity contribution is 0.387. The number of hydrogen-bond donors (Lipinski definition) is 0. The van der Waals surface area contributed by atoms with Crippen LogP contribution in [0.25, 0.3) is 0 Å². The maximum Gasteiger partial charge on any atom is 0.145 e. The van der Waals surface area contributed by atoms with Gasteiger partial charge in [-0.25, -0.2) is 0 Å². The molecule has 0 spiro atoms. The quantitative estimate of drug-likeness (QED) is 0.251. The topological polar surface area (TPSA) is 12.5 Å². The zero-order chi connectivity index (χ0) is 4.78. The summed E-state index contributed by atoms with van der Waals surface area (Å²) < 4.78 is 5.10. The van der Waals surface area contributed by atoms with Gasteiger partial charge in [-0.2, -0.15) is 0 Å². The second kappa shape index (κ2) is 0.836. The molecule has 0 saturated carbocycles. The molecule has 2 unspecified atom stereocenters. The van der Waals surface area contributed by atoms with Crippen LogP contribution in [0.2, 0.25) is 0 Å². The van der Waals surface area contributed by atoms with Gasteiger partial charge in [0.05, 0.1) is 0 Å². The van der Waals surface area contributed by atoms with E-state index in [0.717, 1.165) is 0 Å². The monoisotopic (exact) mass is 82.1 g/mol. The summed E-state index contributed by atoms with van der Waals surface area (Å²) in [5.41, 5.74) is 0.208. The highest BCUT2D eigenvalue weighted by atomic mass is 16.6. The van der Waals surface area contributed by atoms with E-state index in [-0.39, 0.29) is 5.50 Å². The zero-order valence-electron chi connectivity index (χ0n) is 4.49. The molecule has 1 rings (SSSR count). The van der Waals surface area contributed by atoms with E-state index in [1.54, 1.807) is 0 Å². The van der Waals surface area contributed by atoms with Gasteiger partial charge in [0, 0.05) is 11.5 Å². The van der Waals surface area contributed by atoms with E-state index in [9.17, 15) is 0 Å². The highest BCUT2D eigenvalue weighted by molar-refractivity contribution is 6.26. The van der Waals surface area contributed by atoms with Gasteiger partial charge in [-0.05, 0) is 6.92 Å². The second-order valence-corrected chi connectivity index (χ2v) is 2.36. The molecule has 0 amide bonds. The molecule has 1 fully saturated rings. The molecule has 0 aromatic heterocycles. The van der Waals surface area contributed by atoms with Crippen molar-refractivity contribution in [3.8, 4) is 0 Å². The smallest absolute Gasteiger partial charge is 0.145 e. The Morgan fingerprint density at radius 2 is 2.00 bits per heavy atom. The fourth-order valence-electron chi connectivity index (χ4n) is 0.422. The third-order valence-electron chi connectivity index (χ3n) is 1.40. The fourth-order valence-corrected chi connectivity index (χ4v) is 0.422. The van der Waals surface area contributed by atoms with E-state index in [1.165, 1.54) is 0 Å². The number of ether oxygens (including phenoxy) is 1. The van der Waals surface area contributed by atoms with Crippen molar-refractivity contribution in [1.29, 1.82) is 0 Å². The van der Waals surface area contributed by atoms with Crippen molar-refractivity contribution in [3.63, 3.8) is 0 Å². The first kappa shape index (κ1) is 4.25. The van der Waals surface area contributed by atoms with Crippen molar-refractivity contribution in [2.24, 2.45) is 0 Å². The molecule has 0 radical (unpaired) electrons. The fraction of sp³-hybridized carbons (Fsp3) is 1.00. The minimum absolute atomic E-state index is 0.208. The van der Waals surface area contributed by atoms with Gasteiger partial charge in [0.2, 0.25) is 0 Å². The predicted molar refractivity (Wildman–Crippen MR) is 30.4 cm³/mol. The predicted octanol–water partition coefficient (Wildman–Crippen LogP) is -1.67. The standard InChI is InChI=1S/C3H8B2O/c1-3(5)2(4)6-3/h2H,4-5H2,1H3. The normalized spacial score (nSPS) is 55.2. The van der Waals surface area contributed by atoms with Crippen molar-refractivity contribution >= 4 is 15.7 Å². The number of rotatable bonds is 0. The van der Waals surface area contributed by atoms with Crippen LogP contribution < -0.4 is 0 Å². The van der Waals surface area contributed by atoms with Crippen molar-refractivity contribution in [1.82, 2.24) is 0 Å². The SMILES string of the molecule is BC1OC1(B)C. The van der Waals surface area contributed by atoms with Crippen LogP contribution in [0.4, 0.5) is 0 Å². The average Bonchev–Trinajstić information content (AvgIpc) is 1.73. The molecular weight excluding hydrogens is 73.7 g/mol. The molecule has 1 heterocycles. The highest BCUT2D eigenvalue weighted by Crippen LogP contribution is 2.28. The van der Waals surface area contributed by atoms with Gasteiger partial charge in [-0.1, -0.05) is 0 Å². The van der Waals surface area contributed by atoms with Crippen molar-refractivity contribution < 1.29 is 4.74 Å². The molecular formula is C3H8B2O. The average molecular weight is 81.7 g/mol. The van der Waals surface area contributed by atoms with Gasteiger partial charge in [-0.15, -0.1) is 0 Å². The Hall–Kier alpha value is 0.0899. The first-order valence-electron chi connectivity index (χ1n) is 2.31. The molecule has 0 aromatic rings. The van der Waals surface area contributed by atoms with Crippen molar-refractivity contribution in [2.45, 2.75) is 18.4 Å². The lowest BCUT2D eigenvalue weighted by atomic mass is 9.78. The summed E-state index contributed by atoms with van der Waals surface area (Å²) in [7, 11) is 4.18. The minimum Gasteiger partial charge on any atom is -0.386 e. The second-order valence-electron chi connectivity index (χ2n) is 2.36. The molecule has 2 atom stereocenters.